The normalized spacial score (nSPS) is 17.2. The average molecular weight is 817 g/mol. The van der Waals surface area contributed by atoms with E-state index in [1.165, 1.54) is 18.0 Å². The van der Waals surface area contributed by atoms with Gasteiger partial charge in [0.2, 0.25) is 17.7 Å². The molecule has 0 bridgehead atoms. The summed E-state index contributed by atoms with van der Waals surface area (Å²) >= 11 is 0. The van der Waals surface area contributed by atoms with Crippen LogP contribution >= 0.6 is 7.82 Å². The number of ether oxygens (including phenoxy) is 2. The fourth-order valence-corrected chi connectivity index (χ4v) is 7.16. The highest BCUT2D eigenvalue weighted by molar-refractivity contribution is 7.46. The zero-order valence-corrected chi connectivity index (χ0v) is 34.0. The number of phosphoric acid groups is 1. The number of carbonyl (C=O) groups is 6. The van der Waals surface area contributed by atoms with Crippen molar-refractivity contribution in [2.75, 3.05) is 46.6 Å². The monoisotopic (exact) mass is 816 g/mol. The lowest BCUT2D eigenvalue weighted by molar-refractivity contribution is -0.140. The maximum atomic E-state index is 14.1. The molecule has 1 aliphatic heterocycles. The highest BCUT2D eigenvalue weighted by Crippen LogP contribution is 2.39. The number of nitrogens with zero attached hydrogens (tertiary/aromatic N) is 3. The molecule has 6 atom stereocenters. The van der Waals surface area contributed by atoms with E-state index in [-0.39, 0.29) is 44.1 Å². The van der Waals surface area contributed by atoms with Crippen LogP contribution in [0.1, 0.15) is 78.3 Å². The standard InChI is InChI=1S/C36H61N6O13P/c1-23(2)16-29(39-36(49)31-8-6-12-42(31)34(47)9-13-54-15-14-53-5)32(45)18-26(17-27-20-38-22-41(27)11-7-10-37)35(48)40-30(21-43)33(46)19-28(24(3)44)25(4)55-56(50,51)52/h20,22-23,25-26,28-31,43H,6-19,21,37H2,1-5H3,(H,39,49)(H,40,48)(H2,50,51,52)/t25-,26-,28-,29+,30+,31+/m1/s1. The summed E-state index contributed by atoms with van der Waals surface area (Å²) in [5.74, 6) is -5.85. The molecule has 1 saturated heterocycles. The summed E-state index contributed by atoms with van der Waals surface area (Å²) < 4.78 is 28.2. The fraction of sp³-hybridized carbons (Fsp3) is 0.750. The molecule has 7 N–H and O–H groups in total. The second kappa shape index (κ2) is 24.4. The van der Waals surface area contributed by atoms with Gasteiger partial charge in [0.15, 0.2) is 11.6 Å². The summed E-state index contributed by atoms with van der Waals surface area (Å²) in [7, 11) is -3.47. The summed E-state index contributed by atoms with van der Waals surface area (Å²) in [4.78, 5) is 105. The molecule has 19 nitrogen and oxygen atoms in total. The molecule has 0 aromatic carbocycles. The minimum absolute atomic E-state index is 0.0165. The first-order valence-electron chi connectivity index (χ1n) is 19.0. The van der Waals surface area contributed by atoms with Gasteiger partial charge < -0.3 is 50.2 Å². The molecule has 0 aliphatic carbocycles. The van der Waals surface area contributed by atoms with Crippen molar-refractivity contribution in [3.8, 4) is 0 Å². The van der Waals surface area contributed by atoms with Crippen molar-refractivity contribution in [2.45, 2.75) is 110 Å². The number of nitrogens with two attached hydrogens (primary N) is 1. The Morgan fingerprint density at radius 3 is 2.34 bits per heavy atom. The van der Waals surface area contributed by atoms with Gasteiger partial charge in [-0.2, -0.15) is 0 Å². The van der Waals surface area contributed by atoms with Crippen molar-refractivity contribution in [1.82, 2.24) is 25.1 Å². The van der Waals surface area contributed by atoms with Crippen LogP contribution < -0.4 is 16.4 Å². The van der Waals surface area contributed by atoms with Crippen LogP contribution in [0, 0.1) is 17.8 Å². The van der Waals surface area contributed by atoms with Gasteiger partial charge >= 0.3 is 7.82 Å². The lowest BCUT2D eigenvalue weighted by Crippen LogP contribution is -2.52. The first kappa shape index (κ1) is 48.7. The number of hydrogen-bond donors (Lipinski definition) is 6. The molecule has 3 amide bonds. The van der Waals surface area contributed by atoms with E-state index < -0.39 is 86.1 Å². The van der Waals surface area contributed by atoms with Gasteiger partial charge in [-0.1, -0.05) is 13.8 Å². The van der Waals surface area contributed by atoms with E-state index in [4.69, 9.17) is 15.2 Å². The van der Waals surface area contributed by atoms with Gasteiger partial charge in [-0.3, -0.25) is 33.3 Å². The van der Waals surface area contributed by atoms with Gasteiger partial charge in [-0.15, -0.1) is 0 Å². The number of methoxy groups -OCH3 is 1. The molecule has 1 aromatic rings. The molecule has 0 spiro atoms. The molecule has 1 aliphatic rings. The highest BCUT2D eigenvalue weighted by atomic mass is 31.2. The Morgan fingerprint density at radius 2 is 1.73 bits per heavy atom. The predicted molar refractivity (Wildman–Crippen MR) is 202 cm³/mol. The number of rotatable bonds is 28. The first-order chi connectivity index (χ1) is 26.4. The Balaban J connectivity index is 2.31. The van der Waals surface area contributed by atoms with Crippen molar-refractivity contribution < 1.29 is 62.2 Å². The van der Waals surface area contributed by atoms with Crippen LogP contribution in [-0.2, 0) is 60.3 Å². The maximum Gasteiger partial charge on any atom is 0.469 e. The zero-order valence-electron chi connectivity index (χ0n) is 33.1. The van der Waals surface area contributed by atoms with Gasteiger partial charge in [0, 0.05) is 51.4 Å². The number of likely N-dealkylation sites (tertiary alicyclic amines) is 1. The third-order valence-electron chi connectivity index (χ3n) is 9.56. The Kier molecular flexibility index (Phi) is 21.2. The molecule has 1 fully saturated rings. The quantitative estimate of drug-likeness (QED) is 0.0482. The van der Waals surface area contributed by atoms with Crippen molar-refractivity contribution in [1.29, 1.82) is 0 Å². The Labute approximate surface area is 328 Å². The topological polar surface area (TPSA) is 279 Å². The first-order valence-corrected chi connectivity index (χ1v) is 20.5. The van der Waals surface area contributed by atoms with Crippen LogP contribution in [0.3, 0.4) is 0 Å². The van der Waals surface area contributed by atoms with E-state index in [0.29, 0.717) is 57.8 Å². The molecular formula is C36H61N6O13P. The number of imidazole rings is 1. The van der Waals surface area contributed by atoms with Crippen LogP contribution in [0.4, 0.5) is 0 Å². The van der Waals surface area contributed by atoms with Crippen LogP contribution in [0.25, 0.3) is 0 Å². The van der Waals surface area contributed by atoms with Gasteiger partial charge in [-0.05, 0) is 52.0 Å². The van der Waals surface area contributed by atoms with E-state index in [0.717, 1.165) is 6.92 Å². The largest absolute Gasteiger partial charge is 0.469 e. The molecule has 0 unspecified atom stereocenters. The van der Waals surface area contributed by atoms with E-state index in [1.54, 1.807) is 18.0 Å². The molecule has 2 heterocycles. The number of ketones is 3. The number of hydrogen-bond acceptors (Lipinski definition) is 13. The SMILES string of the molecule is COCCOCCC(=O)N1CCC[C@H]1C(=O)N[C@@H](CC(C)C)C(=O)C[C@@H](Cc1cncn1CCCN)C(=O)N[C@@H](CO)C(=O)C[C@H](C(C)=O)[C@@H](C)OP(=O)(O)O. The average Bonchev–Trinajstić information content (AvgIpc) is 3.80. The number of aliphatic hydroxyl groups is 1. The molecular weight excluding hydrogens is 755 g/mol. The number of nitrogens with one attached hydrogen (secondary N) is 2. The summed E-state index contributed by atoms with van der Waals surface area (Å²) in [6.07, 6.45) is 2.66. The Morgan fingerprint density at radius 1 is 1.04 bits per heavy atom. The molecule has 0 radical (unpaired) electrons. The zero-order chi connectivity index (χ0) is 42.0. The van der Waals surface area contributed by atoms with E-state index >= 15 is 0 Å². The van der Waals surface area contributed by atoms with Crippen LogP contribution in [0.2, 0.25) is 0 Å². The van der Waals surface area contributed by atoms with Crippen LogP contribution in [-0.4, -0.2) is 135 Å². The van der Waals surface area contributed by atoms with Crippen LogP contribution in [0.5, 0.6) is 0 Å². The summed E-state index contributed by atoms with van der Waals surface area (Å²) in [6.45, 7) is 7.34. The summed E-state index contributed by atoms with van der Waals surface area (Å²) in [5.41, 5.74) is 6.29. The number of amides is 3. The lowest BCUT2D eigenvalue weighted by Gasteiger charge is -2.28. The predicted octanol–water partition coefficient (Wildman–Crippen LogP) is 0.0641. The summed E-state index contributed by atoms with van der Waals surface area (Å²) in [6, 6.07) is -3.34. The Bertz CT molecular complexity index is 1500. The van der Waals surface area contributed by atoms with Crippen LogP contribution in [0.15, 0.2) is 12.5 Å². The number of aryl methyl sites for hydroxylation is 1. The van der Waals surface area contributed by atoms with Gasteiger partial charge in [0.25, 0.3) is 0 Å². The number of phosphoric ester groups is 1. The minimum atomic E-state index is -5.01. The third kappa shape index (κ3) is 16.6. The Hall–Kier alpha value is -3.42. The van der Waals surface area contributed by atoms with E-state index in [1.807, 2.05) is 13.8 Å². The second-order valence-corrected chi connectivity index (χ2v) is 15.7. The lowest BCUT2D eigenvalue weighted by atomic mass is 9.89. The maximum absolute atomic E-state index is 14.1. The van der Waals surface area contributed by atoms with Crippen molar-refractivity contribution in [2.24, 2.45) is 23.5 Å². The molecule has 318 valence electrons. The smallest absolute Gasteiger partial charge is 0.394 e. The number of aliphatic hydroxyl groups excluding tert-OH is 1. The molecule has 20 heteroatoms. The second-order valence-electron chi connectivity index (χ2n) is 14.5. The van der Waals surface area contributed by atoms with Crippen molar-refractivity contribution in [3.05, 3.63) is 18.2 Å². The van der Waals surface area contributed by atoms with Gasteiger partial charge in [0.1, 0.15) is 17.9 Å². The van der Waals surface area contributed by atoms with E-state index in [9.17, 15) is 48.2 Å². The van der Waals surface area contributed by atoms with Crippen molar-refractivity contribution in [3.63, 3.8) is 0 Å². The number of Topliss-reactive ketones (excluding diaryl/α,β-unsaturated/α-hetero) is 3. The fourth-order valence-electron chi connectivity index (χ4n) is 6.58. The molecule has 2 rings (SSSR count). The van der Waals surface area contributed by atoms with Crippen molar-refractivity contribution >= 4 is 42.9 Å². The number of aromatic nitrogens is 2. The molecule has 1 aromatic heterocycles. The van der Waals surface area contributed by atoms with Gasteiger partial charge in [-0.25, -0.2) is 9.55 Å². The number of carbonyl (C=O) groups excluding carboxylic acids is 6. The summed E-state index contributed by atoms with van der Waals surface area (Å²) in [5, 5.41) is 15.5. The van der Waals surface area contributed by atoms with E-state index in [2.05, 4.69) is 20.1 Å². The molecule has 56 heavy (non-hydrogen) atoms. The van der Waals surface area contributed by atoms with Gasteiger partial charge in [0.05, 0.1) is 63.2 Å². The highest BCUT2D eigenvalue weighted by Gasteiger charge is 2.38. The molecule has 0 saturated carbocycles. The minimum Gasteiger partial charge on any atom is -0.394 e. The third-order valence-corrected chi connectivity index (χ3v) is 10.2.